The van der Waals surface area contributed by atoms with Crippen LogP contribution in [0.1, 0.15) is 56.7 Å². The predicted molar refractivity (Wildman–Crippen MR) is 104 cm³/mol. The summed E-state index contributed by atoms with van der Waals surface area (Å²) in [5.41, 5.74) is 6.46. The van der Waals surface area contributed by atoms with Crippen LogP contribution in [-0.4, -0.2) is 9.78 Å². The van der Waals surface area contributed by atoms with Crippen LogP contribution in [0.2, 0.25) is 0 Å². The van der Waals surface area contributed by atoms with Crippen LogP contribution in [0.5, 0.6) is 0 Å². The maximum absolute atomic E-state index is 5.17. The van der Waals surface area contributed by atoms with E-state index in [1.165, 1.54) is 35.4 Å². The standard InChI is InChI=1S/C23H26N2/c1-16(2)20-15-14-17(3)21-22(20)24-25(19-12-8-5-9-13-19)23(21)18-10-6-4-7-11-18/h4-13,16-17,20H,14-15H2,1-3H3/t17-,20+/m1/s1. The van der Waals surface area contributed by atoms with E-state index in [4.69, 9.17) is 5.10 Å². The average molecular weight is 330 g/mol. The van der Waals surface area contributed by atoms with Gasteiger partial charge in [-0.3, -0.25) is 0 Å². The largest absolute Gasteiger partial charge is 0.233 e. The van der Waals surface area contributed by atoms with E-state index in [1.807, 2.05) is 0 Å². The van der Waals surface area contributed by atoms with Gasteiger partial charge in [-0.25, -0.2) is 4.68 Å². The van der Waals surface area contributed by atoms with Gasteiger partial charge in [0.2, 0.25) is 0 Å². The molecular weight excluding hydrogens is 304 g/mol. The minimum absolute atomic E-state index is 0.553. The second-order valence-electron chi connectivity index (χ2n) is 7.59. The fourth-order valence-corrected chi connectivity index (χ4v) is 4.20. The number of hydrogen-bond acceptors (Lipinski definition) is 1. The van der Waals surface area contributed by atoms with E-state index in [2.05, 4.69) is 86.1 Å². The van der Waals surface area contributed by atoms with E-state index in [0.29, 0.717) is 17.8 Å². The van der Waals surface area contributed by atoms with Crippen LogP contribution in [0.3, 0.4) is 0 Å². The molecule has 0 radical (unpaired) electrons. The third-order valence-electron chi connectivity index (χ3n) is 5.56. The molecule has 0 spiro atoms. The molecule has 2 nitrogen and oxygen atoms in total. The summed E-state index contributed by atoms with van der Waals surface area (Å²) in [7, 11) is 0. The smallest absolute Gasteiger partial charge is 0.0778 e. The van der Waals surface area contributed by atoms with Crippen molar-refractivity contribution in [3.8, 4) is 16.9 Å². The number of fused-ring (bicyclic) bond motifs is 1. The van der Waals surface area contributed by atoms with Gasteiger partial charge in [-0.05, 0) is 36.8 Å². The van der Waals surface area contributed by atoms with Crippen LogP contribution in [0, 0.1) is 5.92 Å². The Kier molecular flexibility index (Phi) is 4.20. The lowest BCUT2D eigenvalue weighted by Gasteiger charge is -2.28. The third kappa shape index (κ3) is 2.80. The summed E-state index contributed by atoms with van der Waals surface area (Å²) in [4.78, 5) is 0. The van der Waals surface area contributed by atoms with Crippen molar-refractivity contribution in [1.82, 2.24) is 9.78 Å². The van der Waals surface area contributed by atoms with E-state index >= 15 is 0 Å². The normalized spacial score (nSPS) is 19.8. The molecule has 128 valence electrons. The first-order chi connectivity index (χ1) is 12.2. The number of nitrogens with zero attached hydrogens (tertiary/aromatic N) is 2. The van der Waals surface area contributed by atoms with Crippen molar-refractivity contribution in [3.05, 3.63) is 71.9 Å². The van der Waals surface area contributed by atoms with Gasteiger partial charge in [0.25, 0.3) is 0 Å². The average Bonchev–Trinajstić information content (AvgIpc) is 3.04. The molecule has 1 aromatic heterocycles. The molecule has 4 rings (SSSR count). The van der Waals surface area contributed by atoms with Gasteiger partial charge in [0, 0.05) is 17.0 Å². The molecule has 0 amide bonds. The maximum Gasteiger partial charge on any atom is 0.0778 e. The Morgan fingerprint density at radius 1 is 0.920 bits per heavy atom. The summed E-state index contributed by atoms with van der Waals surface area (Å²) in [5.74, 6) is 1.73. The van der Waals surface area contributed by atoms with Crippen LogP contribution >= 0.6 is 0 Å². The van der Waals surface area contributed by atoms with Crippen LogP contribution in [0.25, 0.3) is 16.9 Å². The molecule has 0 fully saturated rings. The number of aromatic nitrogens is 2. The Morgan fingerprint density at radius 3 is 2.20 bits per heavy atom. The Hall–Kier alpha value is -2.35. The van der Waals surface area contributed by atoms with Crippen molar-refractivity contribution in [1.29, 1.82) is 0 Å². The van der Waals surface area contributed by atoms with E-state index in [1.54, 1.807) is 0 Å². The molecule has 2 atom stereocenters. The van der Waals surface area contributed by atoms with Crippen molar-refractivity contribution in [3.63, 3.8) is 0 Å². The summed E-state index contributed by atoms with van der Waals surface area (Å²) in [6.07, 6.45) is 2.49. The summed E-state index contributed by atoms with van der Waals surface area (Å²) >= 11 is 0. The quantitative estimate of drug-likeness (QED) is 0.561. The zero-order valence-corrected chi connectivity index (χ0v) is 15.3. The van der Waals surface area contributed by atoms with Gasteiger partial charge in [0.05, 0.1) is 17.1 Å². The van der Waals surface area contributed by atoms with Gasteiger partial charge >= 0.3 is 0 Å². The van der Waals surface area contributed by atoms with Gasteiger partial charge in [-0.2, -0.15) is 5.10 Å². The van der Waals surface area contributed by atoms with Crippen LogP contribution in [0.4, 0.5) is 0 Å². The van der Waals surface area contributed by atoms with Gasteiger partial charge in [-0.1, -0.05) is 69.3 Å². The molecule has 2 heteroatoms. The molecular formula is C23H26N2. The number of para-hydroxylation sites is 1. The first kappa shape index (κ1) is 16.1. The molecule has 0 N–H and O–H groups in total. The minimum Gasteiger partial charge on any atom is -0.233 e. The predicted octanol–water partition coefficient (Wildman–Crippen LogP) is 6.18. The number of benzene rings is 2. The fraction of sp³-hybridized carbons (Fsp3) is 0.348. The molecule has 1 heterocycles. The highest BCUT2D eigenvalue weighted by atomic mass is 15.3. The molecule has 1 aliphatic rings. The summed E-state index contributed by atoms with van der Waals surface area (Å²) in [6.45, 7) is 7.02. The van der Waals surface area contributed by atoms with Crippen molar-refractivity contribution in [2.75, 3.05) is 0 Å². The Balaban J connectivity index is 2.00. The lowest BCUT2D eigenvalue weighted by atomic mass is 9.75. The zero-order valence-electron chi connectivity index (χ0n) is 15.3. The van der Waals surface area contributed by atoms with Crippen LogP contribution in [0.15, 0.2) is 60.7 Å². The topological polar surface area (TPSA) is 17.8 Å². The van der Waals surface area contributed by atoms with Gasteiger partial charge in [0.15, 0.2) is 0 Å². The lowest BCUT2D eigenvalue weighted by molar-refractivity contribution is 0.402. The first-order valence-electron chi connectivity index (χ1n) is 9.40. The summed E-state index contributed by atoms with van der Waals surface area (Å²) in [5, 5.41) is 5.17. The SMILES string of the molecule is CC(C)[C@@H]1CC[C@@H](C)c2c1nn(-c1ccccc1)c2-c1ccccc1. The Labute approximate surface area is 150 Å². The molecule has 0 aliphatic heterocycles. The first-order valence-corrected chi connectivity index (χ1v) is 9.40. The monoisotopic (exact) mass is 330 g/mol. The van der Waals surface area contributed by atoms with Crippen LogP contribution < -0.4 is 0 Å². The van der Waals surface area contributed by atoms with Crippen LogP contribution in [-0.2, 0) is 0 Å². The van der Waals surface area contributed by atoms with E-state index in [-0.39, 0.29) is 0 Å². The van der Waals surface area contributed by atoms with Crippen molar-refractivity contribution < 1.29 is 0 Å². The lowest BCUT2D eigenvalue weighted by Crippen LogP contribution is -2.16. The maximum atomic E-state index is 5.17. The van der Waals surface area contributed by atoms with Crippen molar-refractivity contribution >= 4 is 0 Å². The zero-order chi connectivity index (χ0) is 17.4. The van der Waals surface area contributed by atoms with Gasteiger partial charge < -0.3 is 0 Å². The van der Waals surface area contributed by atoms with E-state index in [0.717, 1.165) is 5.69 Å². The Morgan fingerprint density at radius 2 is 1.56 bits per heavy atom. The van der Waals surface area contributed by atoms with Gasteiger partial charge in [-0.15, -0.1) is 0 Å². The highest BCUT2D eigenvalue weighted by molar-refractivity contribution is 5.68. The highest BCUT2D eigenvalue weighted by Crippen LogP contribution is 2.46. The molecule has 0 saturated carbocycles. The highest BCUT2D eigenvalue weighted by Gasteiger charge is 2.34. The van der Waals surface area contributed by atoms with E-state index in [9.17, 15) is 0 Å². The third-order valence-corrected chi connectivity index (χ3v) is 5.56. The van der Waals surface area contributed by atoms with E-state index < -0.39 is 0 Å². The summed E-state index contributed by atoms with van der Waals surface area (Å²) in [6, 6.07) is 21.3. The second-order valence-corrected chi connectivity index (χ2v) is 7.59. The molecule has 2 aromatic carbocycles. The Bertz CT molecular complexity index is 847. The van der Waals surface area contributed by atoms with Crippen molar-refractivity contribution in [2.24, 2.45) is 5.92 Å². The molecule has 0 unspecified atom stereocenters. The summed E-state index contributed by atoms with van der Waals surface area (Å²) < 4.78 is 2.18. The molecule has 0 bridgehead atoms. The van der Waals surface area contributed by atoms with Gasteiger partial charge in [0.1, 0.15) is 0 Å². The fourth-order valence-electron chi connectivity index (χ4n) is 4.20. The molecule has 0 saturated heterocycles. The minimum atomic E-state index is 0.553. The van der Waals surface area contributed by atoms with Crippen molar-refractivity contribution in [2.45, 2.75) is 45.4 Å². The number of hydrogen-bond donors (Lipinski definition) is 0. The molecule has 3 aromatic rings. The molecule has 1 aliphatic carbocycles. The number of rotatable bonds is 3. The molecule has 25 heavy (non-hydrogen) atoms. The second kappa shape index (κ2) is 6.51.